The van der Waals surface area contributed by atoms with Gasteiger partial charge >= 0.3 is 0 Å². The number of pyridine rings is 1. The summed E-state index contributed by atoms with van der Waals surface area (Å²) in [6.45, 7) is 1.71. The summed E-state index contributed by atoms with van der Waals surface area (Å²) in [5.74, 6) is 0.847. The Morgan fingerprint density at radius 3 is 2.65 bits per heavy atom. The minimum Gasteiger partial charge on any atom is -0.356 e. The van der Waals surface area contributed by atoms with Gasteiger partial charge in [0.05, 0.1) is 6.07 Å². The van der Waals surface area contributed by atoms with Crippen molar-refractivity contribution in [2.24, 2.45) is 0 Å². The minimum absolute atomic E-state index is 0.445. The number of allylic oxidation sites excluding steroid dienone is 1. The number of nitrogens with zero attached hydrogens (tertiary/aromatic N) is 4. The fraction of sp³-hybridized carbons (Fsp3) is 0.308. The molecule has 0 spiro atoms. The molecule has 1 aromatic rings. The van der Waals surface area contributed by atoms with Gasteiger partial charge < -0.3 is 4.90 Å². The van der Waals surface area contributed by atoms with E-state index in [1.165, 1.54) is 5.57 Å². The van der Waals surface area contributed by atoms with Gasteiger partial charge in [0.1, 0.15) is 17.6 Å². The molecule has 0 aliphatic carbocycles. The molecule has 1 aliphatic rings. The van der Waals surface area contributed by atoms with Gasteiger partial charge in [0.15, 0.2) is 0 Å². The largest absolute Gasteiger partial charge is 0.356 e. The maximum absolute atomic E-state index is 8.80. The second-order valence-electron chi connectivity index (χ2n) is 3.91. The van der Waals surface area contributed by atoms with Crippen LogP contribution in [0.2, 0.25) is 0 Å². The van der Waals surface area contributed by atoms with Crippen molar-refractivity contribution in [3.05, 3.63) is 35.5 Å². The van der Waals surface area contributed by atoms with Gasteiger partial charge in [0, 0.05) is 19.2 Å². The van der Waals surface area contributed by atoms with Crippen LogP contribution in [0.15, 0.2) is 29.8 Å². The molecular weight excluding hydrogens is 212 g/mol. The number of hydrogen-bond acceptors (Lipinski definition) is 4. The third-order valence-electron chi connectivity index (χ3n) is 2.85. The molecule has 1 aromatic heterocycles. The Hall–Kier alpha value is -2.33. The number of hydrogen-bond donors (Lipinski definition) is 0. The summed E-state index contributed by atoms with van der Waals surface area (Å²) in [6, 6.07) is 9.58. The smallest absolute Gasteiger partial charge is 0.142 e. The highest BCUT2D eigenvalue weighted by atomic mass is 15.2. The third kappa shape index (κ3) is 2.62. The first kappa shape index (κ1) is 11.2. The average Bonchev–Trinajstić information content (AvgIpc) is 2.40. The normalized spacial score (nSPS) is 14.9. The minimum atomic E-state index is 0.445. The highest BCUT2D eigenvalue weighted by Gasteiger charge is 2.15. The van der Waals surface area contributed by atoms with Crippen LogP contribution in [0.5, 0.6) is 0 Å². The van der Waals surface area contributed by atoms with Crippen LogP contribution in [0.4, 0.5) is 5.82 Å². The summed E-state index contributed by atoms with van der Waals surface area (Å²) >= 11 is 0. The Morgan fingerprint density at radius 1 is 1.24 bits per heavy atom. The van der Waals surface area contributed by atoms with E-state index in [0.29, 0.717) is 5.69 Å². The predicted octanol–water partition coefficient (Wildman–Crippen LogP) is 2.00. The van der Waals surface area contributed by atoms with Crippen molar-refractivity contribution in [2.45, 2.75) is 12.8 Å². The van der Waals surface area contributed by atoms with Crippen molar-refractivity contribution >= 4 is 5.82 Å². The first-order valence-corrected chi connectivity index (χ1v) is 5.53. The fourth-order valence-electron chi connectivity index (χ4n) is 1.92. The first-order valence-electron chi connectivity index (χ1n) is 5.53. The Labute approximate surface area is 100 Å². The fourth-order valence-corrected chi connectivity index (χ4v) is 1.92. The Bertz CT molecular complexity index is 509. The molecule has 1 fully saturated rings. The molecule has 17 heavy (non-hydrogen) atoms. The molecule has 84 valence electrons. The zero-order chi connectivity index (χ0) is 12.1. The highest BCUT2D eigenvalue weighted by molar-refractivity contribution is 5.43. The molecule has 0 unspecified atom stereocenters. The quantitative estimate of drug-likeness (QED) is 0.684. The van der Waals surface area contributed by atoms with Crippen LogP contribution in [0.25, 0.3) is 0 Å². The van der Waals surface area contributed by atoms with Crippen molar-refractivity contribution in [3.63, 3.8) is 0 Å². The van der Waals surface area contributed by atoms with Crippen LogP contribution in [-0.4, -0.2) is 18.1 Å². The topological polar surface area (TPSA) is 63.7 Å². The van der Waals surface area contributed by atoms with E-state index in [0.717, 1.165) is 31.7 Å². The van der Waals surface area contributed by atoms with Gasteiger partial charge in [0.25, 0.3) is 0 Å². The zero-order valence-corrected chi connectivity index (χ0v) is 9.43. The molecule has 1 aliphatic heterocycles. The summed E-state index contributed by atoms with van der Waals surface area (Å²) < 4.78 is 0. The lowest BCUT2D eigenvalue weighted by atomic mass is 10.0. The number of aromatic nitrogens is 1. The van der Waals surface area contributed by atoms with Crippen LogP contribution < -0.4 is 4.90 Å². The lowest BCUT2D eigenvalue weighted by Crippen LogP contribution is -2.31. The number of nitriles is 2. The van der Waals surface area contributed by atoms with E-state index in [9.17, 15) is 0 Å². The van der Waals surface area contributed by atoms with Crippen molar-refractivity contribution in [2.75, 3.05) is 18.0 Å². The van der Waals surface area contributed by atoms with Crippen LogP contribution in [0, 0.1) is 22.7 Å². The van der Waals surface area contributed by atoms with Crippen molar-refractivity contribution < 1.29 is 0 Å². The highest BCUT2D eigenvalue weighted by Crippen LogP contribution is 2.21. The Kier molecular flexibility index (Phi) is 3.37. The molecular formula is C13H12N4. The number of rotatable bonds is 1. The van der Waals surface area contributed by atoms with E-state index >= 15 is 0 Å². The molecule has 0 bridgehead atoms. The molecule has 0 atom stereocenters. The molecule has 0 saturated carbocycles. The van der Waals surface area contributed by atoms with Gasteiger partial charge in [-0.3, -0.25) is 0 Å². The molecule has 0 amide bonds. The van der Waals surface area contributed by atoms with Crippen molar-refractivity contribution in [3.8, 4) is 12.1 Å². The van der Waals surface area contributed by atoms with Crippen LogP contribution >= 0.6 is 0 Å². The molecule has 2 heterocycles. The third-order valence-corrected chi connectivity index (χ3v) is 2.85. The lowest BCUT2D eigenvalue weighted by molar-refractivity contribution is 0.677. The van der Waals surface area contributed by atoms with Gasteiger partial charge in [-0.1, -0.05) is 11.6 Å². The van der Waals surface area contributed by atoms with Gasteiger partial charge in [-0.15, -0.1) is 0 Å². The van der Waals surface area contributed by atoms with E-state index in [4.69, 9.17) is 10.5 Å². The Morgan fingerprint density at radius 2 is 2.00 bits per heavy atom. The summed E-state index contributed by atoms with van der Waals surface area (Å²) in [5.41, 5.74) is 1.64. The first-order chi connectivity index (χ1) is 8.33. The van der Waals surface area contributed by atoms with E-state index in [1.54, 1.807) is 12.1 Å². The standard InChI is InChI=1S/C13H12N4/c14-7-4-11-5-8-17(9-6-11)13-3-1-2-12(10-15)16-13/h1-4H,5-6,8-9H2. The van der Waals surface area contributed by atoms with Gasteiger partial charge in [-0.25, -0.2) is 4.98 Å². The second-order valence-corrected chi connectivity index (χ2v) is 3.91. The van der Waals surface area contributed by atoms with E-state index in [2.05, 4.69) is 16.0 Å². The summed E-state index contributed by atoms with van der Waals surface area (Å²) in [4.78, 5) is 6.41. The van der Waals surface area contributed by atoms with E-state index in [-0.39, 0.29) is 0 Å². The maximum Gasteiger partial charge on any atom is 0.142 e. The molecule has 1 saturated heterocycles. The molecule has 2 rings (SSSR count). The summed E-state index contributed by atoms with van der Waals surface area (Å²) in [7, 11) is 0. The van der Waals surface area contributed by atoms with Gasteiger partial charge in [0.2, 0.25) is 0 Å². The monoisotopic (exact) mass is 224 g/mol. The van der Waals surface area contributed by atoms with Gasteiger partial charge in [-0.2, -0.15) is 10.5 Å². The molecule has 0 N–H and O–H groups in total. The zero-order valence-electron chi connectivity index (χ0n) is 9.43. The van der Waals surface area contributed by atoms with E-state index < -0.39 is 0 Å². The molecule has 0 radical (unpaired) electrons. The maximum atomic E-state index is 8.80. The number of piperidine rings is 1. The Balaban J connectivity index is 2.09. The van der Waals surface area contributed by atoms with Crippen LogP contribution in [-0.2, 0) is 0 Å². The van der Waals surface area contributed by atoms with Crippen LogP contribution in [0.3, 0.4) is 0 Å². The number of anilines is 1. The molecule has 4 nitrogen and oxygen atoms in total. The van der Waals surface area contributed by atoms with Crippen LogP contribution in [0.1, 0.15) is 18.5 Å². The van der Waals surface area contributed by atoms with Crippen molar-refractivity contribution in [1.29, 1.82) is 10.5 Å². The van der Waals surface area contributed by atoms with Gasteiger partial charge in [-0.05, 0) is 25.0 Å². The van der Waals surface area contributed by atoms with E-state index in [1.807, 2.05) is 18.2 Å². The predicted molar refractivity (Wildman–Crippen MR) is 64.1 cm³/mol. The average molecular weight is 224 g/mol. The SMILES string of the molecule is N#CC=C1CCN(c2cccc(C#N)n2)CC1. The summed E-state index contributed by atoms with van der Waals surface area (Å²) in [6.07, 6.45) is 3.43. The molecule has 4 heteroatoms. The molecule has 0 aromatic carbocycles. The van der Waals surface area contributed by atoms with Crippen molar-refractivity contribution in [1.82, 2.24) is 4.98 Å². The lowest BCUT2D eigenvalue weighted by Gasteiger charge is -2.29. The second kappa shape index (κ2) is 5.14. The summed E-state index contributed by atoms with van der Waals surface area (Å²) in [5, 5.41) is 17.4.